The lowest BCUT2D eigenvalue weighted by Crippen LogP contribution is -2.48. The number of nitrogens with one attached hydrogen (secondary N) is 1. The summed E-state index contributed by atoms with van der Waals surface area (Å²) in [5, 5.41) is 13.9. The van der Waals surface area contributed by atoms with Crippen LogP contribution in [0.5, 0.6) is 11.5 Å². The smallest absolute Gasteiger partial charge is 0.292 e. The van der Waals surface area contributed by atoms with E-state index in [1.54, 1.807) is 30.3 Å². The quantitative estimate of drug-likeness (QED) is 0.331. The Morgan fingerprint density at radius 2 is 1.72 bits per heavy atom. The van der Waals surface area contributed by atoms with Crippen LogP contribution in [0.25, 0.3) is 11.1 Å². The minimum absolute atomic E-state index is 0.00744. The number of carbonyl (C=O) groups excluding carboxylic acids is 2. The summed E-state index contributed by atoms with van der Waals surface area (Å²) in [5.41, 5.74) is 2.76. The van der Waals surface area contributed by atoms with E-state index in [0.29, 0.717) is 6.54 Å². The van der Waals surface area contributed by atoms with Gasteiger partial charge in [-0.05, 0) is 85.4 Å². The van der Waals surface area contributed by atoms with Crippen LogP contribution in [0.4, 0.5) is 8.78 Å². The highest BCUT2D eigenvalue weighted by atomic mass is 19.1. The summed E-state index contributed by atoms with van der Waals surface area (Å²) in [6.45, 7) is 4.18. The van der Waals surface area contributed by atoms with Crippen molar-refractivity contribution in [3.63, 3.8) is 0 Å². The Balaban J connectivity index is 1.35. The molecule has 0 saturated carbocycles. The van der Waals surface area contributed by atoms with E-state index in [-0.39, 0.29) is 41.7 Å². The number of ether oxygens (including phenoxy) is 2. The van der Waals surface area contributed by atoms with Crippen LogP contribution in [0, 0.1) is 18.6 Å². The van der Waals surface area contributed by atoms with Gasteiger partial charge in [-0.15, -0.1) is 0 Å². The normalized spacial score (nSPS) is 16.5. The highest BCUT2D eigenvalue weighted by molar-refractivity contribution is 6.43. The number of nitrogens with zero attached hydrogens (tertiary/aromatic N) is 1. The fraction of sp³-hybridized carbons (Fsp3) is 0.333. The first-order valence-electron chi connectivity index (χ1n) is 13.0. The van der Waals surface area contributed by atoms with Crippen molar-refractivity contribution in [2.45, 2.75) is 31.9 Å². The molecule has 9 heteroatoms. The Morgan fingerprint density at radius 3 is 2.44 bits per heavy atom. The maximum absolute atomic E-state index is 14.7. The summed E-state index contributed by atoms with van der Waals surface area (Å²) in [6, 6.07) is 12.7. The first kappa shape index (κ1) is 26.8. The zero-order chi connectivity index (χ0) is 27.5. The van der Waals surface area contributed by atoms with Crippen molar-refractivity contribution in [1.29, 1.82) is 0 Å². The Hall–Kier alpha value is -3.82. The van der Waals surface area contributed by atoms with Gasteiger partial charge < -0.3 is 24.8 Å². The lowest BCUT2D eigenvalue weighted by atomic mass is 9.96. The number of benzene rings is 3. The summed E-state index contributed by atoms with van der Waals surface area (Å²) in [5.74, 6) is -2.45. The third-order valence-corrected chi connectivity index (χ3v) is 7.16. The maximum Gasteiger partial charge on any atom is 0.292 e. The molecule has 5 rings (SSSR count). The fourth-order valence-electron chi connectivity index (χ4n) is 5.12. The highest BCUT2D eigenvalue weighted by Crippen LogP contribution is 2.36. The Bertz CT molecular complexity index is 1370. The van der Waals surface area contributed by atoms with Gasteiger partial charge in [-0.1, -0.05) is 24.3 Å². The molecule has 2 unspecified atom stereocenters. The van der Waals surface area contributed by atoms with E-state index in [2.05, 4.69) is 10.2 Å². The average molecular weight is 537 g/mol. The zero-order valence-corrected chi connectivity index (χ0v) is 21.6. The van der Waals surface area contributed by atoms with Gasteiger partial charge in [0.1, 0.15) is 25.1 Å². The molecular weight excluding hydrogens is 506 g/mol. The molecule has 7 nitrogen and oxygen atoms in total. The molecule has 0 aromatic heterocycles. The van der Waals surface area contributed by atoms with E-state index in [1.165, 1.54) is 24.3 Å². The van der Waals surface area contributed by atoms with Gasteiger partial charge in [0.2, 0.25) is 5.78 Å². The summed E-state index contributed by atoms with van der Waals surface area (Å²) in [7, 11) is 0. The van der Waals surface area contributed by atoms with Crippen molar-refractivity contribution in [1.82, 2.24) is 10.2 Å². The minimum Gasteiger partial charge on any atom is -0.486 e. The third kappa shape index (κ3) is 5.94. The van der Waals surface area contributed by atoms with Crippen molar-refractivity contribution < 1.29 is 33.0 Å². The fourth-order valence-corrected chi connectivity index (χ4v) is 5.12. The highest BCUT2D eigenvalue weighted by Gasteiger charge is 2.31. The zero-order valence-electron chi connectivity index (χ0n) is 21.6. The number of aryl methyl sites for hydroxylation is 1. The van der Waals surface area contributed by atoms with E-state index in [4.69, 9.17) is 9.47 Å². The molecule has 1 amide bonds. The predicted molar refractivity (Wildman–Crippen MR) is 141 cm³/mol. The Morgan fingerprint density at radius 1 is 1.00 bits per heavy atom. The molecule has 39 heavy (non-hydrogen) atoms. The number of carbonyl (C=O) groups is 2. The topological polar surface area (TPSA) is 88.1 Å². The van der Waals surface area contributed by atoms with Crippen LogP contribution in [0.1, 0.15) is 40.4 Å². The van der Waals surface area contributed by atoms with Gasteiger partial charge in [-0.2, -0.15) is 0 Å². The van der Waals surface area contributed by atoms with Crippen molar-refractivity contribution in [2.24, 2.45) is 0 Å². The van der Waals surface area contributed by atoms with E-state index >= 15 is 0 Å². The van der Waals surface area contributed by atoms with Gasteiger partial charge in [0, 0.05) is 12.1 Å². The number of fused-ring (bicyclic) bond motifs is 1. The molecule has 204 valence electrons. The van der Waals surface area contributed by atoms with Crippen LogP contribution in [0.3, 0.4) is 0 Å². The molecule has 0 bridgehead atoms. The molecule has 0 radical (unpaired) electrons. The van der Waals surface area contributed by atoms with Crippen LogP contribution in [0.15, 0.2) is 54.6 Å². The number of likely N-dealkylation sites (tertiary alicyclic amines) is 1. The number of amides is 1. The molecule has 0 aliphatic carbocycles. The van der Waals surface area contributed by atoms with E-state index in [1.807, 2.05) is 6.92 Å². The van der Waals surface area contributed by atoms with Crippen LogP contribution >= 0.6 is 0 Å². The van der Waals surface area contributed by atoms with E-state index in [0.717, 1.165) is 42.6 Å². The van der Waals surface area contributed by atoms with Crippen molar-refractivity contribution in [3.05, 3.63) is 82.9 Å². The number of aliphatic hydroxyl groups excluding tert-OH is 1. The minimum atomic E-state index is -1.30. The Labute approximate surface area is 225 Å². The summed E-state index contributed by atoms with van der Waals surface area (Å²) >= 11 is 0. The number of hydrogen-bond donors (Lipinski definition) is 2. The first-order valence-corrected chi connectivity index (χ1v) is 13.0. The standard InChI is InChI=1S/C30H30F2N2O5/c1-18-14-20(6-9-23(18)19-4-7-22(31)8-5-19)28(36)30(37)33-25(17-34-10-2-3-11-34)27(35)21-15-24(32)29-26(16-21)38-12-13-39-29/h4-9,14-16,25,27,35H,2-3,10-13,17H2,1H3,(H,33,37). The van der Waals surface area contributed by atoms with Crippen LogP contribution < -0.4 is 14.8 Å². The van der Waals surface area contributed by atoms with Gasteiger partial charge in [0.05, 0.1) is 6.04 Å². The monoisotopic (exact) mass is 536 g/mol. The van der Waals surface area contributed by atoms with Gasteiger partial charge >= 0.3 is 0 Å². The lowest BCUT2D eigenvalue weighted by Gasteiger charge is -2.29. The third-order valence-electron chi connectivity index (χ3n) is 7.16. The first-order chi connectivity index (χ1) is 18.8. The molecule has 0 spiro atoms. The molecule has 2 aliphatic heterocycles. The number of ketones is 1. The van der Waals surface area contributed by atoms with Crippen molar-refractivity contribution in [2.75, 3.05) is 32.8 Å². The average Bonchev–Trinajstić information content (AvgIpc) is 3.45. The molecule has 1 saturated heterocycles. The second-order valence-corrected chi connectivity index (χ2v) is 9.93. The second kappa shape index (κ2) is 11.5. The van der Waals surface area contributed by atoms with E-state index < -0.39 is 29.7 Å². The summed E-state index contributed by atoms with van der Waals surface area (Å²) < 4.78 is 38.8. The molecule has 3 aromatic carbocycles. The van der Waals surface area contributed by atoms with Gasteiger partial charge in [-0.3, -0.25) is 9.59 Å². The van der Waals surface area contributed by atoms with Crippen LogP contribution in [-0.4, -0.2) is 60.6 Å². The Kier molecular flexibility index (Phi) is 7.90. The van der Waals surface area contributed by atoms with Crippen molar-refractivity contribution >= 4 is 11.7 Å². The summed E-state index contributed by atoms with van der Waals surface area (Å²) in [6.07, 6.45) is 0.692. The van der Waals surface area contributed by atoms with Crippen LogP contribution in [0.2, 0.25) is 0 Å². The van der Waals surface area contributed by atoms with Crippen LogP contribution in [-0.2, 0) is 4.79 Å². The number of Topliss-reactive ketones (excluding diaryl/α,β-unsaturated/α-hetero) is 1. The molecule has 2 aliphatic rings. The van der Waals surface area contributed by atoms with Gasteiger partial charge in [0.25, 0.3) is 5.91 Å². The predicted octanol–water partition coefficient (Wildman–Crippen LogP) is 4.21. The largest absolute Gasteiger partial charge is 0.486 e. The van der Waals surface area contributed by atoms with E-state index in [9.17, 15) is 23.5 Å². The second-order valence-electron chi connectivity index (χ2n) is 9.93. The lowest BCUT2D eigenvalue weighted by molar-refractivity contribution is -0.118. The van der Waals surface area contributed by atoms with Gasteiger partial charge in [-0.25, -0.2) is 8.78 Å². The number of halogens is 2. The SMILES string of the molecule is Cc1cc(C(=O)C(=O)NC(CN2CCCC2)C(O)c2cc(F)c3c(c2)OCCO3)ccc1-c1ccc(F)cc1. The molecule has 3 aromatic rings. The number of hydrogen-bond acceptors (Lipinski definition) is 6. The molecule has 2 N–H and O–H groups in total. The molecular formula is C30H30F2N2O5. The van der Waals surface area contributed by atoms with Crippen molar-refractivity contribution in [3.8, 4) is 22.6 Å². The number of rotatable bonds is 8. The number of aliphatic hydroxyl groups is 1. The maximum atomic E-state index is 14.7. The molecule has 2 atom stereocenters. The molecule has 2 heterocycles. The molecule has 1 fully saturated rings. The van der Waals surface area contributed by atoms with Gasteiger partial charge in [0.15, 0.2) is 17.3 Å². The summed E-state index contributed by atoms with van der Waals surface area (Å²) in [4.78, 5) is 28.3.